The molecule has 3 N–H and O–H groups in total. The number of aliphatic hydroxyl groups is 1. The molecule has 1 aromatic carbocycles. The summed E-state index contributed by atoms with van der Waals surface area (Å²) in [6.07, 6.45) is -0.303. The Kier molecular flexibility index (Phi) is 4.77. The van der Waals surface area contributed by atoms with Crippen molar-refractivity contribution in [2.24, 2.45) is 0 Å². The third-order valence-corrected chi connectivity index (χ3v) is 4.01. The van der Waals surface area contributed by atoms with Gasteiger partial charge in [0.05, 0.1) is 6.10 Å². The summed E-state index contributed by atoms with van der Waals surface area (Å²) in [4.78, 5) is 0. The van der Waals surface area contributed by atoms with Crippen LogP contribution in [0.15, 0.2) is 18.2 Å². The van der Waals surface area contributed by atoms with E-state index in [0.29, 0.717) is 10.7 Å². The molecule has 0 aliphatic carbocycles. The zero-order chi connectivity index (χ0) is 11.4. The van der Waals surface area contributed by atoms with Gasteiger partial charge in [-0.05, 0) is 24.6 Å². The number of nitrogen functional groups attached to an aromatic ring is 1. The van der Waals surface area contributed by atoms with E-state index in [4.69, 9.17) is 17.3 Å². The molecule has 0 amide bonds. The molecule has 1 rings (SSSR count). The minimum Gasteiger partial charge on any atom is -0.399 e. The number of benzene rings is 1. The van der Waals surface area contributed by atoms with Gasteiger partial charge in [-0.15, -0.1) is 0 Å². The number of halogens is 1. The summed E-state index contributed by atoms with van der Waals surface area (Å²) in [6, 6.07) is 5.53. The largest absolute Gasteiger partial charge is 0.399 e. The van der Waals surface area contributed by atoms with Gasteiger partial charge in [-0.1, -0.05) is 24.6 Å². The first-order valence-electron chi connectivity index (χ1n) is 4.84. The minimum absolute atomic E-state index is 0.207. The maximum absolute atomic E-state index is 9.34. The summed E-state index contributed by atoms with van der Waals surface area (Å²) in [6.45, 7) is 3.79. The summed E-state index contributed by atoms with van der Waals surface area (Å²) >= 11 is 7.72. The monoisotopic (exact) mass is 245 g/mol. The topological polar surface area (TPSA) is 46.2 Å². The van der Waals surface area contributed by atoms with Gasteiger partial charge >= 0.3 is 0 Å². The summed E-state index contributed by atoms with van der Waals surface area (Å²) in [7, 11) is 0. The van der Waals surface area contributed by atoms with E-state index in [1.54, 1.807) is 24.8 Å². The molecule has 0 bridgehead atoms. The predicted octanol–water partition coefficient (Wildman–Crippen LogP) is 2.92. The van der Waals surface area contributed by atoms with Crippen molar-refractivity contribution in [3.05, 3.63) is 28.8 Å². The predicted molar refractivity (Wildman–Crippen MR) is 68.3 cm³/mol. The van der Waals surface area contributed by atoms with Crippen LogP contribution in [0.4, 0.5) is 5.69 Å². The lowest BCUT2D eigenvalue weighted by molar-refractivity contribution is 0.196. The molecule has 1 aromatic rings. The van der Waals surface area contributed by atoms with E-state index in [0.717, 1.165) is 11.3 Å². The molecule has 0 aromatic heterocycles. The number of anilines is 1. The van der Waals surface area contributed by atoms with Crippen molar-refractivity contribution in [3.63, 3.8) is 0 Å². The van der Waals surface area contributed by atoms with Crippen LogP contribution in [-0.2, 0) is 5.75 Å². The van der Waals surface area contributed by atoms with E-state index >= 15 is 0 Å². The summed E-state index contributed by atoms with van der Waals surface area (Å²) < 4.78 is 0. The molecule has 0 aliphatic rings. The Morgan fingerprint density at radius 1 is 1.47 bits per heavy atom. The van der Waals surface area contributed by atoms with Crippen LogP contribution in [0, 0.1) is 0 Å². The van der Waals surface area contributed by atoms with Crippen LogP contribution in [0.2, 0.25) is 5.02 Å². The van der Waals surface area contributed by atoms with Gasteiger partial charge in [0.1, 0.15) is 0 Å². The highest BCUT2D eigenvalue weighted by molar-refractivity contribution is 7.99. The third kappa shape index (κ3) is 3.93. The molecule has 15 heavy (non-hydrogen) atoms. The summed E-state index contributed by atoms with van der Waals surface area (Å²) in [5.74, 6) is 0.797. The van der Waals surface area contributed by atoms with Gasteiger partial charge in [-0.25, -0.2) is 0 Å². The molecular weight excluding hydrogens is 230 g/mol. The van der Waals surface area contributed by atoms with Crippen LogP contribution in [0.3, 0.4) is 0 Å². The molecular formula is C11H16ClNOS. The fraction of sp³-hybridized carbons (Fsp3) is 0.455. The van der Waals surface area contributed by atoms with Crippen LogP contribution in [-0.4, -0.2) is 16.5 Å². The third-order valence-electron chi connectivity index (χ3n) is 2.26. The van der Waals surface area contributed by atoms with E-state index in [-0.39, 0.29) is 11.4 Å². The first kappa shape index (κ1) is 12.7. The standard InChI is InChI=1S/C11H16ClNOS/c1-7(14)8(2)15-6-9-3-4-10(13)5-11(9)12/h3-5,7-8,14H,6,13H2,1-2H3. The van der Waals surface area contributed by atoms with Crippen molar-refractivity contribution < 1.29 is 5.11 Å². The molecule has 2 nitrogen and oxygen atoms in total. The molecule has 0 radical (unpaired) electrons. The SMILES string of the molecule is CC(O)C(C)SCc1ccc(N)cc1Cl. The van der Waals surface area contributed by atoms with Gasteiger partial charge in [-0.3, -0.25) is 0 Å². The van der Waals surface area contributed by atoms with Gasteiger partial charge in [0.15, 0.2) is 0 Å². The molecule has 4 heteroatoms. The normalized spacial score (nSPS) is 14.9. The lowest BCUT2D eigenvalue weighted by Gasteiger charge is -2.14. The lowest BCUT2D eigenvalue weighted by Crippen LogP contribution is -2.15. The summed E-state index contributed by atoms with van der Waals surface area (Å²) in [5, 5.41) is 10.2. The highest BCUT2D eigenvalue weighted by Gasteiger charge is 2.10. The first-order chi connectivity index (χ1) is 7.00. The molecule has 0 saturated carbocycles. The highest BCUT2D eigenvalue weighted by atomic mass is 35.5. The smallest absolute Gasteiger partial charge is 0.0628 e. The molecule has 2 atom stereocenters. The molecule has 0 aliphatic heterocycles. The first-order valence-corrected chi connectivity index (χ1v) is 6.27. The molecule has 0 fully saturated rings. The molecule has 0 saturated heterocycles. The second kappa shape index (κ2) is 5.64. The van der Waals surface area contributed by atoms with Crippen molar-refractivity contribution >= 4 is 29.1 Å². The quantitative estimate of drug-likeness (QED) is 0.802. The Labute approximate surface area is 99.8 Å². The average Bonchev–Trinajstić information content (AvgIpc) is 2.15. The van der Waals surface area contributed by atoms with E-state index in [1.165, 1.54) is 0 Å². The van der Waals surface area contributed by atoms with Crippen LogP contribution in [0.1, 0.15) is 19.4 Å². The Morgan fingerprint density at radius 2 is 2.13 bits per heavy atom. The zero-order valence-electron chi connectivity index (χ0n) is 8.90. The Hall–Kier alpha value is -0.380. The average molecular weight is 246 g/mol. The van der Waals surface area contributed by atoms with Gasteiger partial charge in [0.25, 0.3) is 0 Å². The maximum atomic E-state index is 9.34. The number of thioether (sulfide) groups is 1. The van der Waals surface area contributed by atoms with Crippen molar-refractivity contribution in [1.82, 2.24) is 0 Å². The molecule has 2 unspecified atom stereocenters. The number of rotatable bonds is 4. The van der Waals surface area contributed by atoms with E-state index < -0.39 is 0 Å². The van der Waals surface area contributed by atoms with Crippen molar-refractivity contribution in [2.75, 3.05) is 5.73 Å². The fourth-order valence-electron chi connectivity index (χ4n) is 1.04. The Morgan fingerprint density at radius 3 is 2.67 bits per heavy atom. The number of aliphatic hydroxyl groups excluding tert-OH is 1. The van der Waals surface area contributed by atoms with Gasteiger partial charge < -0.3 is 10.8 Å². The number of hydrogen-bond acceptors (Lipinski definition) is 3. The Balaban J connectivity index is 2.58. The minimum atomic E-state index is -0.303. The molecule has 0 heterocycles. The van der Waals surface area contributed by atoms with Gasteiger partial charge in [0.2, 0.25) is 0 Å². The van der Waals surface area contributed by atoms with Crippen LogP contribution < -0.4 is 5.73 Å². The second-order valence-corrected chi connectivity index (χ2v) is 5.38. The number of hydrogen-bond donors (Lipinski definition) is 2. The second-order valence-electron chi connectivity index (χ2n) is 3.61. The van der Waals surface area contributed by atoms with Crippen LogP contribution in [0.5, 0.6) is 0 Å². The van der Waals surface area contributed by atoms with E-state index in [9.17, 15) is 5.11 Å². The summed E-state index contributed by atoms with van der Waals surface area (Å²) in [5.41, 5.74) is 7.34. The molecule has 0 spiro atoms. The Bertz CT molecular complexity index is 330. The number of nitrogens with two attached hydrogens (primary N) is 1. The fourth-order valence-corrected chi connectivity index (χ4v) is 2.35. The van der Waals surface area contributed by atoms with Crippen LogP contribution >= 0.6 is 23.4 Å². The van der Waals surface area contributed by atoms with E-state index in [2.05, 4.69) is 0 Å². The maximum Gasteiger partial charge on any atom is 0.0628 e. The molecule has 84 valence electrons. The van der Waals surface area contributed by atoms with Crippen molar-refractivity contribution in [3.8, 4) is 0 Å². The highest BCUT2D eigenvalue weighted by Crippen LogP contribution is 2.26. The van der Waals surface area contributed by atoms with Gasteiger partial charge in [0, 0.05) is 21.7 Å². The van der Waals surface area contributed by atoms with Crippen LogP contribution in [0.25, 0.3) is 0 Å². The van der Waals surface area contributed by atoms with E-state index in [1.807, 2.05) is 19.1 Å². The van der Waals surface area contributed by atoms with Crippen molar-refractivity contribution in [2.45, 2.75) is 31.0 Å². The lowest BCUT2D eigenvalue weighted by atomic mass is 10.2. The van der Waals surface area contributed by atoms with Gasteiger partial charge in [-0.2, -0.15) is 11.8 Å². The van der Waals surface area contributed by atoms with Crippen molar-refractivity contribution in [1.29, 1.82) is 0 Å². The zero-order valence-corrected chi connectivity index (χ0v) is 10.5.